The normalized spacial score (nSPS) is 26.1. The Morgan fingerprint density at radius 3 is 3.06 bits per heavy atom. The largest absolute Gasteiger partial charge is 0.370 e. The van der Waals surface area contributed by atoms with E-state index in [4.69, 9.17) is 10.5 Å². The van der Waals surface area contributed by atoms with Crippen LogP contribution in [0.15, 0.2) is 5.38 Å². The lowest BCUT2D eigenvalue weighted by Crippen LogP contribution is -2.49. The summed E-state index contributed by atoms with van der Waals surface area (Å²) in [6.07, 6.45) is 1.37. The third-order valence-corrected chi connectivity index (χ3v) is 3.71. The van der Waals surface area contributed by atoms with Gasteiger partial charge in [-0.3, -0.25) is 0 Å². The third kappa shape index (κ3) is 2.53. The molecule has 1 aromatic heterocycles. The molecule has 0 spiro atoms. The van der Waals surface area contributed by atoms with Crippen LogP contribution in [0.3, 0.4) is 0 Å². The maximum atomic E-state index is 5.73. The molecule has 4 nitrogen and oxygen atoms in total. The van der Waals surface area contributed by atoms with Gasteiger partial charge in [0.25, 0.3) is 0 Å². The number of morpholine rings is 1. The van der Waals surface area contributed by atoms with Crippen molar-refractivity contribution in [2.24, 2.45) is 5.73 Å². The lowest BCUT2D eigenvalue weighted by atomic mass is 10.2. The molecule has 1 aliphatic heterocycles. The maximum Gasteiger partial charge on any atom is 0.185 e. The number of anilines is 1. The molecular weight excluding hydrogens is 222 g/mol. The van der Waals surface area contributed by atoms with Crippen molar-refractivity contribution in [2.75, 3.05) is 24.5 Å². The van der Waals surface area contributed by atoms with Crippen LogP contribution in [0.2, 0.25) is 0 Å². The second kappa shape index (κ2) is 5.12. The highest BCUT2D eigenvalue weighted by Crippen LogP contribution is 2.24. The lowest BCUT2D eigenvalue weighted by molar-refractivity contribution is -0.0104. The van der Waals surface area contributed by atoms with E-state index in [1.807, 2.05) is 0 Å². The van der Waals surface area contributed by atoms with Crippen LogP contribution in [0.1, 0.15) is 19.5 Å². The predicted octanol–water partition coefficient (Wildman–Crippen LogP) is 1.26. The van der Waals surface area contributed by atoms with Crippen molar-refractivity contribution in [1.82, 2.24) is 4.98 Å². The van der Waals surface area contributed by atoms with Gasteiger partial charge < -0.3 is 15.4 Å². The maximum absolute atomic E-state index is 5.73. The van der Waals surface area contributed by atoms with Gasteiger partial charge in [0, 0.05) is 25.0 Å². The van der Waals surface area contributed by atoms with E-state index in [1.165, 1.54) is 5.69 Å². The van der Waals surface area contributed by atoms with Crippen LogP contribution in [-0.2, 0) is 11.2 Å². The van der Waals surface area contributed by atoms with E-state index >= 15 is 0 Å². The molecule has 0 aromatic carbocycles. The van der Waals surface area contributed by atoms with Gasteiger partial charge >= 0.3 is 0 Å². The van der Waals surface area contributed by atoms with Gasteiger partial charge in [0.2, 0.25) is 0 Å². The summed E-state index contributed by atoms with van der Waals surface area (Å²) in [5.41, 5.74) is 6.84. The molecule has 1 saturated heterocycles. The minimum absolute atomic E-state index is 0.137. The Bertz CT molecular complexity index is 342. The molecular formula is C11H19N3OS. The number of ether oxygens (including phenoxy) is 1. The van der Waals surface area contributed by atoms with E-state index < -0.39 is 0 Å². The van der Waals surface area contributed by atoms with Crippen molar-refractivity contribution in [2.45, 2.75) is 32.5 Å². The number of nitrogens with two attached hydrogens (primary N) is 1. The molecule has 0 radical (unpaired) electrons. The van der Waals surface area contributed by atoms with Crippen molar-refractivity contribution in [3.8, 4) is 0 Å². The van der Waals surface area contributed by atoms with Crippen LogP contribution in [0.4, 0.5) is 5.13 Å². The second-order valence-electron chi connectivity index (χ2n) is 4.18. The van der Waals surface area contributed by atoms with Crippen molar-refractivity contribution >= 4 is 16.5 Å². The fourth-order valence-corrected chi connectivity index (χ4v) is 2.86. The van der Waals surface area contributed by atoms with Gasteiger partial charge in [-0.05, 0) is 13.3 Å². The quantitative estimate of drug-likeness (QED) is 0.865. The number of aromatic nitrogens is 1. The van der Waals surface area contributed by atoms with Gasteiger partial charge in [-0.2, -0.15) is 0 Å². The van der Waals surface area contributed by atoms with Gasteiger partial charge in [0.05, 0.1) is 17.9 Å². The average molecular weight is 241 g/mol. The number of nitrogens with zero attached hydrogens (tertiary/aromatic N) is 2. The van der Waals surface area contributed by atoms with Crippen molar-refractivity contribution in [3.63, 3.8) is 0 Å². The van der Waals surface area contributed by atoms with Gasteiger partial charge in [-0.25, -0.2) is 4.98 Å². The summed E-state index contributed by atoms with van der Waals surface area (Å²) in [6, 6.07) is 0. The predicted molar refractivity (Wildman–Crippen MR) is 67.1 cm³/mol. The van der Waals surface area contributed by atoms with E-state index in [-0.39, 0.29) is 12.2 Å². The summed E-state index contributed by atoms with van der Waals surface area (Å²) in [4.78, 5) is 6.89. The third-order valence-electron chi connectivity index (χ3n) is 2.76. The smallest absolute Gasteiger partial charge is 0.185 e. The minimum Gasteiger partial charge on any atom is -0.370 e. The van der Waals surface area contributed by atoms with Crippen LogP contribution in [0, 0.1) is 0 Å². The number of aryl methyl sites for hydroxylation is 1. The van der Waals surface area contributed by atoms with E-state index in [2.05, 4.69) is 29.1 Å². The Hall–Kier alpha value is -0.650. The van der Waals surface area contributed by atoms with Crippen molar-refractivity contribution in [1.29, 1.82) is 0 Å². The molecule has 2 atom stereocenters. The van der Waals surface area contributed by atoms with Gasteiger partial charge in [-0.1, -0.05) is 6.92 Å². The molecule has 0 amide bonds. The SMILES string of the molecule is CCc1csc(N2CC(C)OC(CN)C2)n1. The highest BCUT2D eigenvalue weighted by Gasteiger charge is 2.25. The fourth-order valence-electron chi connectivity index (χ4n) is 1.94. The molecule has 5 heteroatoms. The Labute approximate surface area is 100 Å². The first-order valence-electron chi connectivity index (χ1n) is 5.77. The number of thiazole rings is 1. The van der Waals surface area contributed by atoms with Crippen molar-refractivity contribution < 1.29 is 4.74 Å². The van der Waals surface area contributed by atoms with Crippen LogP contribution in [0.25, 0.3) is 0 Å². The van der Waals surface area contributed by atoms with E-state index in [1.54, 1.807) is 11.3 Å². The zero-order valence-electron chi connectivity index (χ0n) is 9.85. The number of hydrogen-bond acceptors (Lipinski definition) is 5. The van der Waals surface area contributed by atoms with Crippen LogP contribution in [-0.4, -0.2) is 36.8 Å². The summed E-state index contributed by atoms with van der Waals surface area (Å²) in [5, 5.41) is 3.23. The van der Waals surface area contributed by atoms with Crippen LogP contribution >= 0.6 is 11.3 Å². The second-order valence-corrected chi connectivity index (χ2v) is 5.02. The molecule has 2 N–H and O–H groups in total. The highest BCUT2D eigenvalue weighted by atomic mass is 32.1. The van der Waals surface area contributed by atoms with Crippen LogP contribution < -0.4 is 10.6 Å². The van der Waals surface area contributed by atoms with E-state index in [9.17, 15) is 0 Å². The summed E-state index contributed by atoms with van der Waals surface area (Å²) in [7, 11) is 0. The molecule has 16 heavy (non-hydrogen) atoms. The molecule has 0 bridgehead atoms. The molecule has 0 saturated carbocycles. The minimum atomic E-state index is 0.137. The first-order chi connectivity index (χ1) is 7.72. The molecule has 0 aliphatic carbocycles. The first kappa shape index (κ1) is 11.8. The molecule has 2 rings (SSSR count). The van der Waals surface area contributed by atoms with E-state index in [0.29, 0.717) is 6.54 Å². The lowest BCUT2D eigenvalue weighted by Gasteiger charge is -2.36. The molecule has 1 aromatic rings. The van der Waals surface area contributed by atoms with E-state index in [0.717, 1.165) is 24.6 Å². The fraction of sp³-hybridized carbons (Fsp3) is 0.727. The average Bonchev–Trinajstić information content (AvgIpc) is 2.76. The summed E-state index contributed by atoms with van der Waals surface area (Å²) >= 11 is 1.71. The van der Waals surface area contributed by atoms with Gasteiger partial charge in [-0.15, -0.1) is 11.3 Å². The van der Waals surface area contributed by atoms with Crippen molar-refractivity contribution in [3.05, 3.63) is 11.1 Å². The zero-order chi connectivity index (χ0) is 11.5. The molecule has 2 unspecified atom stereocenters. The topological polar surface area (TPSA) is 51.4 Å². The Kier molecular flexibility index (Phi) is 3.78. The summed E-state index contributed by atoms with van der Waals surface area (Å²) in [5.74, 6) is 0. The summed E-state index contributed by atoms with van der Waals surface area (Å²) < 4.78 is 5.73. The number of hydrogen-bond donors (Lipinski definition) is 1. The molecule has 90 valence electrons. The Morgan fingerprint density at radius 1 is 1.62 bits per heavy atom. The monoisotopic (exact) mass is 241 g/mol. The number of rotatable bonds is 3. The standard InChI is InChI=1S/C11H19N3OS/c1-3-9-7-16-11(13-9)14-5-8(2)15-10(4-12)6-14/h7-8,10H,3-6,12H2,1-2H3. The highest BCUT2D eigenvalue weighted by molar-refractivity contribution is 7.13. The van der Waals surface area contributed by atoms with Gasteiger partial charge in [0.15, 0.2) is 5.13 Å². The van der Waals surface area contributed by atoms with Gasteiger partial charge in [0.1, 0.15) is 0 Å². The molecule has 1 fully saturated rings. The Morgan fingerprint density at radius 2 is 2.44 bits per heavy atom. The molecule has 2 heterocycles. The summed E-state index contributed by atoms with van der Waals surface area (Å²) in [6.45, 7) is 6.56. The first-order valence-corrected chi connectivity index (χ1v) is 6.65. The zero-order valence-corrected chi connectivity index (χ0v) is 10.7. The molecule has 1 aliphatic rings. The Balaban J connectivity index is 2.07. The van der Waals surface area contributed by atoms with Crippen LogP contribution in [0.5, 0.6) is 0 Å².